The zero-order valence-electron chi connectivity index (χ0n) is 15.7. The largest absolute Gasteiger partial charge is 0.462 e. The summed E-state index contributed by atoms with van der Waals surface area (Å²) in [6.07, 6.45) is 1.03. The van der Waals surface area contributed by atoms with Crippen molar-refractivity contribution >= 4 is 39.2 Å². The van der Waals surface area contributed by atoms with Crippen LogP contribution in [0, 0.1) is 0 Å². The number of esters is 1. The van der Waals surface area contributed by atoms with E-state index in [0.29, 0.717) is 11.3 Å². The van der Waals surface area contributed by atoms with E-state index in [4.69, 9.17) is 16.3 Å². The first-order valence-electron chi connectivity index (χ1n) is 8.40. The van der Waals surface area contributed by atoms with Gasteiger partial charge in [0, 0.05) is 12.7 Å². The van der Waals surface area contributed by atoms with Crippen molar-refractivity contribution in [1.82, 2.24) is 4.31 Å². The van der Waals surface area contributed by atoms with Crippen LogP contribution in [0.2, 0.25) is 5.02 Å². The molecular formula is C19H21ClN2O5S. The Morgan fingerprint density at radius 2 is 1.82 bits per heavy atom. The highest BCUT2D eigenvalue weighted by Gasteiger charge is 2.31. The van der Waals surface area contributed by atoms with Gasteiger partial charge in [-0.05, 0) is 30.7 Å². The van der Waals surface area contributed by atoms with Crippen molar-refractivity contribution < 1.29 is 22.7 Å². The van der Waals surface area contributed by atoms with Gasteiger partial charge in [-0.3, -0.25) is 4.79 Å². The number of sulfonamides is 1. The van der Waals surface area contributed by atoms with Crippen LogP contribution < -0.4 is 5.32 Å². The fourth-order valence-corrected chi connectivity index (χ4v) is 3.33. The maximum Gasteiger partial charge on any atom is 0.339 e. The van der Waals surface area contributed by atoms with E-state index >= 15 is 0 Å². The average molecular weight is 425 g/mol. The topological polar surface area (TPSA) is 92.8 Å². The van der Waals surface area contributed by atoms with Gasteiger partial charge < -0.3 is 10.1 Å². The summed E-state index contributed by atoms with van der Waals surface area (Å²) in [5.41, 5.74) is 0.904. The first-order valence-corrected chi connectivity index (χ1v) is 10.6. The summed E-state index contributed by atoms with van der Waals surface area (Å²) in [7, 11) is -2.31. The molecule has 2 aromatic rings. The predicted molar refractivity (Wildman–Crippen MR) is 108 cm³/mol. The second-order valence-corrected chi connectivity index (χ2v) is 8.45. The van der Waals surface area contributed by atoms with E-state index in [0.717, 1.165) is 10.6 Å². The van der Waals surface area contributed by atoms with E-state index in [2.05, 4.69) is 5.32 Å². The fourth-order valence-electron chi connectivity index (χ4n) is 2.53. The summed E-state index contributed by atoms with van der Waals surface area (Å²) in [4.78, 5) is 24.9. The number of benzene rings is 2. The van der Waals surface area contributed by atoms with Crippen molar-refractivity contribution in [3.05, 3.63) is 64.7 Å². The Labute approximate surface area is 169 Å². The first-order chi connectivity index (χ1) is 13.1. The number of halogens is 1. The molecule has 150 valence electrons. The highest BCUT2D eigenvalue weighted by Crippen LogP contribution is 2.26. The summed E-state index contributed by atoms with van der Waals surface area (Å²) < 4.78 is 30.0. The summed E-state index contributed by atoms with van der Waals surface area (Å²) in [6, 6.07) is 11.8. The second kappa shape index (κ2) is 9.18. The third-order valence-electron chi connectivity index (χ3n) is 3.98. The molecule has 0 aromatic heterocycles. The molecule has 0 radical (unpaired) electrons. The van der Waals surface area contributed by atoms with Gasteiger partial charge in [-0.15, -0.1) is 0 Å². The molecule has 0 aliphatic heterocycles. The zero-order valence-corrected chi connectivity index (χ0v) is 17.3. The van der Waals surface area contributed by atoms with Gasteiger partial charge in [-0.25, -0.2) is 13.2 Å². The van der Waals surface area contributed by atoms with Crippen molar-refractivity contribution in [1.29, 1.82) is 0 Å². The number of anilines is 1. The van der Waals surface area contributed by atoms with Gasteiger partial charge in [0.15, 0.2) is 0 Å². The van der Waals surface area contributed by atoms with Crippen LogP contribution in [0.25, 0.3) is 0 Å². The molecule has 0 heterocycles. The second-order valence-electron chi connectivity index (χ2n) is 6.00. The fraction of sp³-hybridized carbons (Fsp3) is 0.263. The van der Waals surface area contributed by atoms with E-state index in [9.17, 15) is 18.0 Å². The Kier molecular flexibility index (Phi) is 7.17. The van der Waals surface area contributed by atoms with Gasteiger partial charge in [-0.2, -0.15) is 4.31 Å². The van der Waals surface area contributed by atoms with Gasteiger partial charge in [0.05, 0.1) is 23.4 Å². The number of ether oxygens (including phenoxy) is 1. The maximum atomic E-state index is 12.9. The number of rotatable bonds is 7. The summed E-state index contributed by atoms with van der Waals surface area (Å²) in [6.45, 7) is 1.85. The Morgan fingerprint density at radius 1 is 1.18 bits per heavy atom. The summed E-state index contributed by atoms with van der Waals surface area (Å²) >= 11 is 6.03. The number of carbonyl (C=O) groups is 2. The van der Waals surface area contributed by atoms with Crippen molar-refractivity contribution in [2.45, 2.75) is 13.0 Å². The van der Waals surface area contributed by atoms with Gasteiger partial charge in [0.25, 0.3) is 0 Å². The SMILES string of the molecule is CCOC(=O)c1cc(NC(=O)C(c2ccccc2)N(C)S(C)(=O)=O)ccc1Cl. The normalized spacial score (nSPS) is 12.5. The number of amides is 1. The lowest BCUT2D eigenvalue weighted by Gasteiger charge is -2.25. The molecular weight excluding hydrogens is 404 g/mol. The molecule has 0 bridgehead atoms. The first kappa shape index (κ1) is 21.9. The van der Waals surface area contributed by atoms with Crippen LogP contribution in [0.5, 0.6) is 0 Å². The van der Waals surface area contributed by atoms with E-state index in [1.54, 1.807) is 37.3 Å². The van der Waals surface area contributed by atoms with Crippen molar-refractivity contribution in [3.8, 4) is 0 Å². The number of hydrogen-bond donors (Lipinski definition) is 1. The maximum absolute atomic E-state index is 12.9. The number of nitrogens with one attached hydrogen (secondary N) is 1. The number of carbonyl (C=O) groups excluding carboxylic acids is 2. The molecule has 0 aliphatic carbocycles. The third kappa shape index (κ3) is 5.31. The van der Waals surface area contributed by atoms with Crippen molar-refractivity contribution in [2.75, 3.05) is 25.2 Å². The number of likely N-dealkylation sites (N-methyl/N-ethyl adjacent to an activating group) is 1. The minimum Gasteiger partial charge on any atom is -0.462 e. The lowest BCUT2D eigenvalue weighted by atomic mass is 10.1. The Hall–Kier alpha value is -2.42. The molecule has 0 spiro atoms. The van der Waals surface area contributed by atoms with E-state index < -0.39 is 27.9 Å². The Balaban J connectivity index is 2.36. The molecule has 1 N–H and O–H groups in total. The number of hydrogen-bond acceptors (Lipinski definition) is 5. The molecule has 1 unspecified atom stereocenters. The molecule has 0 fully saturated rings. The smallest absolute Gasteiger partial charge is 0.339 e. The molecule has 0 saturated heterocycles. The third-order valence-corrected chi connectivity index (χ3v) is 5.57. The van der Waals surface area contributed by atoms with E-state index in [1.165, 1.54) is 25.2 Å². The van der Waals surface area contributed by atoms with E-state index in [1.807, 2.05) is 0 Å². The van der Waals surface area contributed by atoms with Crippen LogP contribution in [0.15, 0.2) is 48.5 Å². The quantitative estimate of drug-likeness (QED) is 0.689. The van der Waals surface area contributed by atoms with Gasteiger partial charge >= 0.3 is 5.97 Å². The van der Waals surface area contributed by atoms with Crippen LogP contribution in [-0.4, -0.2) is 44.5 Å². The summed E-state index contributed by atoms with van der Waals surface area (Å²) in [5, 5.41) is 2.83. The molecule has 1 atom stereocenters. The zero-order chi connectivity index (χ0) is 20.9. The van der Waals surface area contributed by atoms with Gasteiger partial charge in [0.2, 0.25) is 15.9 Å². The van der Waals surface area contributed by atoms with Gasteiger partial charge in [-0.1, -0.05) is 41.9 Å². The lowest BCUT2D eigenvalue weighted by molar-refractivity contribution is -0.119. The van der Waals surface area contributed by atoms with Crippen LogP contribution in [-0.2, 0) is 19.6 Å². The monoisotopic (exact) mass is 424 g/mol. The highest BCUT2D eigenvalue weighted by atomic mass is 35.5. The lowest BCUT2D eigenvalue weighted by Crippen LogP contribution is -2.38. The van der Waals surface area contributed by atoms with Crippen LogP contribution >= 0.6 is 11.6 Å². The standard InChI is InChI=1S/C19H21ClN2O5S/c1-4-27-19(24)15-12-14(10-11-16(15)20)21-18(23)17(22(2)28(3,25)26)13-8-6-5-7-9-13/h5-12,17H,4H2,1-3H3,(H,21,23). The number of nitrogens with zero attached hydrogens (tertiary/aromatic N) is 1. The molecule has 9 heteroatoms. The molecule has 2 rings (SSSR count). The molecule has 0 aliphatic rings. The van der Waals surface area contributed by atoms with Crippen LogP contribution in [0.1, 0.15) is 28.9 Å². The summed E-state index contributed by atoms with van der Waals surface area (Å²) in [5.74, 6) is -1.19. The molecule has 28 heavy (non-hydrogen) atoms. The highest BCUT2D eigenvalue weighted by molar-refractivity contribution is 7.88. The van der Waals surface area contributed by atoms with Crippen LogP contribution in [0.3, 0.4) is 0 Å². The predicted octanol–water partition coefficient (Wildman–Crippen LogP) is 3.09. The molecule has 1 amide bonds. The minimum atomic E-state index is -3.65. The molecule has 7 nitrogen and oxygen atoms in total. The van der Waals surface area contributed by atoms with Crippen LogP contribution in [0.4, 0.5) is 5.69 Å². The Bertz CT molecular complexity index is 964. The average Bonchev–Trinajstić information content (AvgIpc) is 2.63. The minimum absolute atomic E-state index is 0.106. The van der Waals surface area contributed by atoms with Crippen molar-refractivity contribution in [3.63, 3.8) is 0 Å². The van der Waals surface area contributed by atoms with Gasteiger partial charge in [0.1, 0.15) is 6.04 Å². The molecule has 0 saturated carbocycles. The van der Waals surface area contributed by atoms with E-state index in [-0.39, 0.29) is 17.2 Å². The Morgan fingerprint density at radius 3 is 2.39 bits per heavy atom. The van der Waals surface area contributed by atoms with Crippen molar-refractivity contribution in [2.24, 2.45) is 0 Å². The molecule has 2 aromatic carbocycles.